The Morgan fingerprint density at radius 1 is 1.44 bits per heavy atom. The van der Waals surface area contributed by atoms with E-state index in [1.165, 1.54) is 31.5 Å². The molecule has 0 amide bonds. The highest BCUT2D eigenvalue weighted by molar-refractivity contribution is 9.10. The zero-order chi connectivity index (χ0) is 13.1. The molecule has 1 saturated carbocycles. The number of rotatable bonds is 6. The molecule has 0 radical (unpaired) electrons. The molecule has 1 aliphatic rings. The van der Waals surface area contributed by atoms with Crippen LogP contribution in [0.2, 0.25) is 0 Å². The first kappa shape index (κ1) is 13.9. The Hall–Kier alpha value is -0.540. The fourth-order valence-corrected chi connectivity index (χ4v) is 2.96. The molecule has 0 aromatic heterocycles. The Labute approximate surface area is 118 Å². The van der Waals surface area contributed by atoms with E-state index < -0.39 is 6.10 Å². The molecule has 1 fully saturated rings. The van der Waals surface area contributed by atoms with Crippen LogP contribution in [0.3, 0.4) is 0 Å². The maximum absolute atomic E-state index is 9.65. The van der Waals surface area contributed by atoms with Gasteiger partial charge in [0, 0.05) is 23.2 Å². The van der Waals surface area contributed by atoms with Crippen molar-refractivity contribution in [3.05, 3.63) is 28.2 Å². The lowest BCUT2D eigenvalue weighted by molar-refractivity contribution is 0.198. The van der Waals surface area contributed by atoms with Crippen LogP contribution in [-0.2, 0) is 0 Å². The van der Waals surface area contributed by atoms with Gasteiger partial charge in [0.05, 0.1) is 6.10 Å². The summed E-state index contributed by atoms with van der Waals surface area (Å²) in [5, 5.41) is 9.65. The fraction of sp³-hybridized carbons (Fsp3) is 0.600. The second-order valence-corrected chi connectivity index (χ2v) is 6.13. The van der Waals surface area contributed by atoms with E-state index in [-0.39, 0.29) is 0 Å². The second-order valence-electron chi connectivity index (χ2n) is 5.27. The lowest BCUT2D eigenvalue weighted by Gasteiger charge is -2.25. The summed E-state index contributed by atoms with van der Waals surface area (Å²) >= 11 is 3.56. The van der Waals surface area contributed by atoms with E-state index in [1.807, 2.05) is 6.07 Å². The van der Waals surface area contributed by atoms with Crippen LogP contribution in [0.4, 0.5) is 5.69 Å². The molecule has 1 aromatic rings. The first-order valence-electron chi connectivity index (χ1n) is 6.84. The monoisotopic (exact) mass is 311 g/mol. The van der Waals surface area contributed by atoms with Crippen LogP contribution in [0, 0.1) is 5.92 Å². The van der Waals surface area contributed by atoms with Crippen molar-refractivity contribution in [2.45, 2.75) is 39.2 Å². The predicted octanol–water partition coefficient (Wildman–Crippen LogP) is 4.13. The summed E-state index contributed by atoms with van der Waals surface area (Å²) in [7, 11) is 0. The average molecular weight is 312 g/mol. The van der Waals surface area contributed by atoms with Crippen molar-refractivity contribution in [1.82, 2.24) is 0 Å². The minimum Gasteiger partial charge on any atom is -0.389 e. The predicted molar refractivity (Wildman–Crippen MR) is 80.0 cm³/mol. The van der Waals surface area contributed by atoms with E-state index >= 15 is 0 Å². The maximum atomic E-state index is 9.65. The van der Waals surface area contributed by atoms with Crippen molar-refractivity contribution in [1.29, 1.82) is 0 Å². The zero-order valence-electron chi connectivity index (χ0n) is 11.2. The first-order chi connectivity index (χ1) is 8.61. The van der Waals surface area contributed by atoms with Gasteiger partial charge >= 0.3 is 0 Å². The Morgan fingerprint density at radius 2 is 2.17 bits per heavy atom. The van der Waals surface area contributed by atoms with E-state index in [1.54, 1.807) is 6.92 Å². The molecule has 0 saturated heterocycles. The fourth-order valence-electron chi connectivity index (χ4n) is 2.26. The van der Waals surface area contributed by atoms with Crippen LogP contribution >= 0.6 is 15.9 Å². The number of hydrogen-bond donors (Lipinski definition) is 1. The van der Waals surface area contributed by atoms with Gasteiger partial charge in [0.1, 0.15) is 0 Å². The lowest BCUT2D eigenvalue weighted by Crippen LogP contribution is -2.26. The smallest absolute Gasteiger partial charge is 0.0772 e. The minimum absolute atomic E-state index is 0.420. The summed E-state index contributed by atoms with van der Waals surface area (Å²) in [5.41, 5.74) is 2.22. The van der Waals surface area contributed by atoms with E-state index in [4.69, 9.17) is 0 Å². The van der Waals surface area contributed by atoms with Gasteiger partial charge in [-0.25, -0.2) is 0 Å². The van der Waals surface area contributed by atoms with Crippen molar-refractivity contribution in [2.24, 2.45) is 5.92 Å². The maximum Gasteiger partial charge on any atom is 0.0772 e. The van der Waals surface area contributed by atoms with E-state index in [2.05, 4.69) is 39.9 Å². The summed E-state index contributed by atoms with van der Waals surface area (Å²) in [4.78, 5) is 2.47. The third kappa shape index (κ3) is 3.48. The number of hydrogen-bond acceptors (Lipinski definition) is 2. The van der Waals surface area contributed by atoms with E-state index in [0.717, 1.165) is 22.5 Å². The van der Waals surface area contributed by atoms with Crippen LogP contribution in [0.15, 0.2) is 22.7 Å². The van der Waals surface area contributed by atoms with Gasteiger partial charge in [0.25, 0.3) is 0 Å². The van der Waals surface area contributed by atoms with Gasteiger partial charge in [0.15, 0.2) is 0 Å². The standard InChI is InChI=1S/C15H22BrNO/c1-3-8-17(10-12-4-5-12)13-6-7-14(11(2)18)15(16)9-13/h6-7,9,11-12,18H,3-5,8,10H2,1-2H3. The molecule has 0 aliphatic heterocycles. The number of nitrogens with zero attached hydrogens (tertiary/aromatic N) is 1. The van der Waals surface area contributed by atoms with Gasteiger partial charge in [-0.05, 0) is 49.8 Å². The number of anilines is 1. The van der Waals surface area contributed by atoms with Gasteiger partial charge in [-0.2, -0.15) is 0 Å². The quantitative estimate of drug-likeness (QED) is 0.854. The van der Waals surface area contributed by atoms with Gasteiger partial charge in [-0.1, -0.05) is 28.9 Å². The molecule has 0 bridgehead atoms. The van der Waals surface area contributed by atoms with Crippen molar-refractivity contribution < 1.29 is 5.11 Å². The van der Waals surface area contributed by atoms with Crippen molar-refractivity contribution in [3.63, 3.8) is 0 Å². The van der Waals surface area contributed by atoms with E-state index in [0.29, 0.717) is 0 Å². The van der Waals surface area contributed by atoms with E-state index in [9.17, 15) is 5.11 Å². The first-order valence-corrected chi connectivity index (χ1v) is 7.63. The third-order valence-electron chi connectivity index (χ3n) is 3.47. The van der Waals surface area contributed by atoms with Crippen LogP contribution in [0.25, 0.3) is 0 Å². The Balaban J connectivity index is 2.15. The molecule has 1 aromatic carbocycles. The molecular weight excluding hydrogens is 290 g/mol. The molecule has 1 aliphatic carbocycles. The normalized spacial score (nSPS) is 16.7. The summed E-state index contributed by atoms with van der Waals surface area (Å²) < 4.78 is 1.01. The highest BCUT2D eigenvalue weighted by Crippen LogP contribution is 2.33. The van der Waals surface area contributed by atoms with Gasteiger partial charge in [-0.15, -0.1) is 0 Å². The molecule has 0 heterocycles. The molecular formula is C15H22BrNO. The Morgan fingerprint density at radius 3 is 2.67 bits per heavy atom. The summed E-state index contributed by atoms with van der Waals surface area (Å²) in [6.45, 7) is 6.30. The largest absolute Gasteiger partial charge is 0.389 e. The van der Waals surface area contributed by atoms with Crippen LogP contribution in [0.5, 0.6) is 0 Å². The SMILES string of the molecule is CCCN(CC1CC1)c1ccc(C(C)O)c(Br)c1. The average Bonchev–Trinajstić information content (AvgIpc) is 3.11. The molecule has 18 heavy (non-hydrogen) atoms. The van der Waals surface area contributed by atoms with Crippen molar-refractivity contribution in [2.75, 3.05) is 18.0 Å². The van der Waals surface area contributed by atoms with Crippen LogP contribution in [0.1, 0.15) is 44.8 Å². The highest BCUT2D eigenvalue weighted by atomic mass is 79.9. The van der Waals surface area contributed by atoms with Gasteiger partial charge in [0.2, 0.25) is 0 Å². The lowest BCUT2D eigenvalue weighted by atomic mass is 10.1. The Kier molecular flexibility index (Phi) is 4.68. The Bertz CT molecular complexity index is 401. The number of aliphatic hydroxyl groups excluding tert-OH is 1. The molecule has 2 nitrogen and oxygen atoms in total. The van der Waals surface area contributed by atoms with Gasteiger partial charge < -0.3 is 10.0 Å². The zero-order valence-corrected chi connectivity index (χ0v) is 12.8. The van der Waals surface area contributed by atoms with Crippen LogP contribution < -0.4 is 4.90 Å². The van der Waals surface area contributed by atoms with Gasteiger partial charge in [-0.3, -0.25) is 0 Å². The minimum atomic E-state index is -0.420. The molecule has 1 N–H and O–H groups in total. The molecule has 2 rings (SSSR count). The second kappa shape index (κ2) is 6.07. The molecule has 3 heteroatoms. The molecule has 0 spiro atoms. The van der Waals surface area contributed by atoms with Crippen LogP contribution in [-0.4, -0.2) is 18.2 Å². The summed E-state index contributed by atoms with van der Waals surface area (Å²) in [6, 6.07) is 6.30. The molecule has 1 unspecified atom stereocenters. The number of benzene rings is 1. The highest BCUT2D eigenvalue weighted by Gasteiger charge is 2.24. The molecule has 1 atom stereocenters. The van der Waals surface area contributed by atoms with Crippen molar-refractivity contribution >= 4 is 21.6 Å². The third-order valence-corrected chi connectivity index (χ3v) is 4.16. The molecule has 100 valence electrons. The number of aliphatic hydroxyl groups is 1. The summed E-state index contributed by atoms with van der Waals surface area (Å²) in [6.07, 6.45) is 3.51. The summed E-state index contributed by atoms with van der Waals surface area (Å²) in [5.74, 6) is 0.895. The topological polar surface area (TPSA) is 23.5 Å². The van der Waals surface area contributed by atoms with Crippen molar-refractivity contribution in [3.8, 4) is 0 Å². The number of halogens is 1.